The molecule has 0 aromatic carbocycles. The van der Waals surface area contributed by atoms with Crippen LogP contribution in [-0.2, 0) is 11.8 Å². The fourth-order valence-electron chi connectivity index (χ4n) is 5.18. The summed E-state index contributed by atoms with van der Waals surface area (Å²) in [5.74, 6) is -4.67. The van der Waals surface area contributed by atoms with Crippen LogP contribution in [-0.4, -0.2) is 68.2 Å². The lowest BCUT2D eigenvalue weighted by Crippen LogP contribution is -2.50. The third-order valence-corrected chi connectivity index (χ3v) is 7.37. The lowest BCUT2D eigenvalue weighted by Gasteiger charge is -2.33. The highest BCUT2D eigenvalue weighted by Gasteiger charge is 2.48. The van der Waals surface area contributed by atoms with Crippen molar-refractivity contribution in [2.45, 2.75) is 69.3 Å². The molecule has 2 aliphatic rings. The van der Waals surface area contributed by atoms with Gasteiger partial charge in [-0.1, -0.05) is 6.92 Å². The first-order valence-corrected chi connectivity index (χ1v) is 12.9. The summed E-state index contributed by atoms with van der Waals surface area (Å²) in [4.78, 5) is 43.8. The number of carbonyl (C=O) groups is 3. The number of carbonyl (C=O) groups excluding carboxylic acids is 3. The van der Waals surface area contributed by atoms with Crippen LogP contribution >= 0.6 is 0 Å². The van der Waals surface area contributed by atoms with Crippen molar-refractivity contribution in [3.63, 3.8) is 0 Å². The third kappa shape index (κ3) is 6.50. The number of anilines is 1. The summed E-state index contributed by atoms with van der Waals surface area (Å²) < 4.78 is 68.5. The van der Waals surface area contributed by atoms with Gasteiger partial charge in [0.15, 0.2) is 0 Å². The monoisotopic (exact) mass is 571 g/mol. The van der Waals surface area contributed by atoms with Gasteiger partial charge in [-0.15, -0.1) is 0 Å². The Kier molecular flexibility index (Phi) is 8.30. The molecule has 218 valence electrons. The van der Waals surface area contributed by atoms with Gasteiger partial charge in [0.05, 0.1) is 12.6 Å². The van der Waals surface area contributed by atoms with Crippen LogP contribution in [0.5, 0.6) is 0 Å². The highest BCUT2D eigenvalue weighted by atomic mass is 19.4. The number of nitrogens with zero attached hydrogens (tertiary/aromatic N) is 4. The van der Waals surface area contributed by atoms with Crippen LogP contribution in [0.25, 0.3) is 0 Å². The van der Waals surface area contributed by atoms with Crippen molar-refractivity contribution in [3.05, 3.63) is 41.9 Å². The molecule has 1 aliphatic heterocycles. The number of amides is 4. The van der Waals surface area contributed by atoms with Crippen molar-refractivity contribution in [2.24, 2.45) is 13.0 Å². The second-order valence-electron chi connectivity index (χ2n) is 10.1. The number of pyridine rings is 1. The topological polar surface area (TPSA) is 121 Å². The number of rotatable bonds is 8. The van der Waals surface area contributed by atoms with Gasteiger partial charge >= 0.3 is 12.2 Å². The fourth-order valence-corrected chi connectivity index (χ4v) is 5.18. The van der Waals surface area contributed by atoms with Crippen molar-refractivity contribution in [1.29, 1.82) is 0 Å². The Balaban J connectivity index is 1.53. The van der Waals surface area contributed by atoms with E-state index in [-0.39, 0.29) is 30.8 Å². The van der Waals surface area contributed by atoms with Gasteiger partial charge in [-0.05, 0) is 48.9 Å². The number of aryl methyl sites for hydroxylation is 1. The Hall–Kier alpha value is -3.78. The Morgan fingerprint density at radius 2 is 1.90 bits per heavy atom. The van der Waals surface area contributed by atoms with Crippen molar-refractivity contribution in [3.8, 4) is 0 Å². The molecule has 0 bridgehead atoms. The fraction of sp³-hybridized carbons (Fsp3) is 0.560. The molecule has 0 spiro atoms. The first-order chi connectivity index (χ1) is 18.8. The zero-order chi connectivity index (χ0) is 29.2. The highest BCUT2D eigenvalue weighted by Crippen LogP contribution is 2.38. The van der Waals surface area contributed by atoms with Crippen molar-refractivity contribution in [1.82, 2.24) is 30.3 Å². The van der Waals surface area contributed by atoms with E-state index in [4.69, 9.17) is 0 Å². The van der Waals surface area contributed by atoms with E-state index in [1.54, 1.807) is 14.0 Å². The number of nitrogens with one attached hydrogen (secondary N) is 3. The van der Waals surface area contributed by atoms with Gasteiger partial charge in [-0.2, -0.15) is 18.3 Å². The quantitative estimate of drug-likeness (QED) is 0.417. The van der Waals surface area contributed by atoms with Gasteiger partial charge < -0.3 is 20.9 Å². The molecule has 3 atom stereocenters. The van der Waals surface area contributed by atoms with Gasteiger partial charge in [0.1, 0.15) is 23.6 Å². The molecule has 15 heteroatoms. The van der Waals surface area contributed by atoms with E-state index < -0.39 is 73.4 Å². The summed E-state index contributed by atoms with van der Waals surface area (Å²) >= 11 is 0. The first-order valence-electron chi connectivity index (χ1n) is 12.9. The molecule has 1 saturated carbocycles. The molecular formula is C25H30F5N7O3. The van der Waals surface area contributed by atoms with Crippen LogP contribution in [0.1, 0.15) is 61.1 Å². The number of alkyl halides is 5. The van der Waals surface area contributed by atoms with Crippen LogP contribution in [0.3, 0.4) is 0 Å². The Labute approximate surface area is 226 Å². The van der Waals surface area contributed by atoms with Crippen LogP contribution in [0, 0.1) is 5.92 Å². The predicted molar refractivity (Wildman–Crippen MR) is 132 cm³/mol. The van der Waals surface area contributed by atoms with Gasteiger partial charge in [0.25, 0.3) is 5.91 Å². The van der Waals surface area contributed by atoms with Crippen LogP contribution in [0.15, 0.2) is 30.6 Å². The van der Waals surface area contributed by atoms with E-state index in [0.717, 1.165) is 4.90 Å². The summed E-state index contributed by atoms with van der Waals surface area (Å²) in [6.07, 6.45) is -2.40. The number of urea groups is 1. The summed E-state index contributed by atoms with van der Waals surface area (Å²) in [6.45, 7) is 1.14. The molecule has 0 unspecified atom stereocenters. The molecule has 0 radical (unpaired) electrons. The number of aromatic nitrogens is 3. The number of hydrogen-bond donors (Lipinski definition) is 3. The first kappa shape index (κ1) is 29.2. The average molecular weight is 572 g/mol. The van der Waals surface area contributed by atoms with E-state index in [1.807, 2.05) is 5.32 Å². The molecule has 2 aromatic rings. The zero-order valence-electron chi connectivity index (χ0n) is 21.8. The molecule has 1 aliphatic carbocycles. The molecule has 2 aromatic heterocycles. The van der Waals surface area contributed by atoms with Gasteiger partial charge in [-0.25, -0.2) is 18.6 Å². The van der Waals surface area contributed by atoms with Gasteiger partial charge in [-0.3, -0.25) is 14.3 Å². The van der Waals surface area contributed by atoms with Crippen molar-refractivity contribution >= 4 is 23.7 Å². The molecule has 40 heavy (non-hydrogen) atoms. The predicted octanol–water partition coefficient (Wildman–Crippen LogP) is 3.78. The lowest BCUT2D eigenvalue weighted by molar-refractivity contribution is -0.150. The molecule has 4 amide bonds. The van der Waals surface area contributed by atoms with Gasteiger partial charge in [0, 0.05) is 32.3 Å². The molecule has 2 fully saturated rings. The van der Waals surface area contributed by atoms with Crippen molar-refractivity contribution in [2.75, 3.05) is 11.9 Å². The molecular weight excluding hydrogens is 541 g/mol. The van der Waals surface area contributed by atoms with E-state index in [0.29, 0.717) is 5.56 Å². The van der Waals surface area contributed by atoms with Gasteiger partial charge in [0.2, 0.25) is 11.8 Å². The van der Waals surface area contributed by atoms with E-state index >= 15 is 0 Å². The second kappa shape index (κ2) is 11.4. The maximum absolute atomic E-state index is 13.8. The molecule has 3 N–H and O–H groups in total. The van der Waals surface area contributed by atoms with Crippen LogP contribution in [0.2, 0.25) is 0 Å². The largest absolute Gasteiger partial charge is 0.410 e. The Morgan fingerprint density at radius 1 is 1.20 bits per heavy atom. The lowest BCUT2D eigenvalue weighted by atomic mass is 9.81. The SMILES string of the molecule is CC[C@H](c1ccnc(NC(=O)[C@@H](NC(=O)c2ccnn2C)C2CCC(F)(F)CC2)c1)N1C[C@@H](C(F)(F)F)NC1=O. The summed E-state index contributed by atoms with van der Waals surface area (Å²) in [6, 6.07) is -0.328. The zero-order valence-corrected chi connectivity index (χ0v) is 21.8. The van der Waals surface area contributed by atoms with E-state index in [9.17, 15) is 36.3 Å². The maximum atomic E-state index is 13.8. The summed E-state index contributed by atoms with van der Waals surface area (Å²) in [7, 11) is 1.54. The van der Waals surface area contributed by atoms with Crippen LogP contribution < -0.4 is 16.0 Å². The number of hydrogen-bond acceptors (Lipinski definition) is 5. The second-order valence-corrected chi connectivity index (χ2v) is 10.1. The van der Waals surface area contributed by atoms with Crippen LogP contribution in [0.4, 0.5) is 32.6 Å². The third-order valence-electron chi connectivity index (χ3n) is 7.37. The minimum atomic E-state index is -4.60. The Bertz CT molecular complexity index is 1240. The standard InChI is InChI=1S/C25H30F5N7O3/c1-3-16(37-13-18(25(28,29)30)33-23(37)40)15-6-10-31-19(12-15)34-22(39)20(14-4-8-24(26,27)9-5-14)35-21(38)17-7-11-32-36(17)2/h6-7,10-12,14,16,18,20H,3-5,8-9,13H2,1-2H3,(H,33,40)(H,35,38)(H,31,34,39)/t16-,18+,20+/m1/s1. The summed E-state index contributed by atoms with van der Waals surface area (Å²) in [5.41, 5.74) is 0.615. The average Bonchev–Trinajstić information content (AvgIpc) is 3.49. The van der Waals surface area contributed by atoms with E-state index in [1.165, 1.54) is 35.3 Å². The smallest absolute Gasteiger partial charge is 0.339 e. The minimum absolute atomic E-state index is 0.00652. The highest BCUT2D eigenvalue weighted by molar-refractivity contribution is 6.00. The molecule has 1 saturated heterocycles. The molecule has 4 rings (SSSR count). The van der Waals surface area contributed by atoms with E-state index in [2.05, 4.69) is 20.7 Å². The molecule has 10 nitrogen and oxygen atoms in total. The molecule has 3 heterocycles. The normalized spacial score (nSPS) is 21.0. The Morgan fingerprint density at radius 3 is 2.48 bits per heavy atom. The maximum Gasteiger partial charge on any atom is 0.410 e. The number of halogens is 5. The van der Waals surface area contributed by atoms with Crippen molar-refractivity contribution < 1.29 is 36.3 Å². The summed E-state index contributed by atoms with van der Waals surface area (Å²) in [5, 5.41) is 11.1. The minimum Gasteiger partial charge on any atom is -0.339 e.